The third-order valence-corrected chi connectivity index (χ3v) is 2.62. The Balaban J connectivity index is 2.34. The van der Waals surface area contributed by atoms with Gasteiger partial charge in [-0.3, -0.25) is 0 Å². The maximum Gasteiger partial charge on any atom is 0.171 e. The Bertz CT molecular complexity index is 514. The number of nitrogens with one attached hydrogen (secondary N) is 1. The van der Waals surface area contributed by atoms with Gasteiger partial charge < -0.3 is 5.32 Å². The van der Waals surface area contributed by atoms with Gasteiger partial charge in [-0.1, -0.05) is 29.3 Å². The van der Waals surface area contributed by atoms with Crippen LogP contribution in [0, 0.1) is 6.92 Å². The van der Waals surface area contributed by atoms with E-state index in [9.17, 15) is 0 Å². The van der Waals surface area contributed by atoms with Crippen molar-refractivity contribution >= 4 is 34.7 Å². The average molecular weight is 254 g/mol. The molecular formula is C11H9Cl2N3. The van der Waals surface area contributed by atoms with Gasteiger partial charge in [0.1, 0.15) is 0 Å². The van der Waals surface area contributed by atoms with Crippen molar-refractivity contribution in [2.24, 2.45) is 0 Å². The second kappa shape index (κ2) is 4.68. The van der Waals surface area contributed by atoms with Gasteiger partial charge >= 0.3 is 0 Å². The third-order valence-electron chi connectivity index (χ3n) is 2.11. The minimum absolute atomic E-state index is 0.335. The van der Waals surface area contributed by atoms with Crippen molar-refractivity contribution < 1.29 is 0 Å². The Morgan fingerprint density at radius 2 is 1.88 bits per heavy atom. The minimum atomic E-state index is 0.335. The lowest BCUT2D eigenvalue weighted by molar-refractivity contribution is 1.19. The maximum absolute atomic E-state index is 5.91. The monoisotopic (exact) mass is 253 g/mol. The highest BCUT2D eigenvalue weighted by atomic mass is 35.5. The van der Waals surface area contributed by atoms with Gasteiger partial charge in [0.2, 0.25) is 0 Å². The molecule has 82 valence electrons. The Morgan fingerprint density at radius 1 is 1.12 bits per heavy atom. The van der Waals surface area contributed by atoms with Gasteiger partial charge in [-0.25, -0.2) is 9.97 Å². The quantitative estimate of drug-likeness (QED) is 0.884. The Kier molecular flexibility index (Phi) is 3.27. The zero-order valence-corrected chi connectivity index (χ0v) is 10.0. The minimum Gasteiger partial charge on any atom is -0.337 e. The van der Waals surface area contributed by atoms with Crippen LogP contribution in [0.15, 0.2) is 30.6 Å². The van der Waals surface area contributed by atoms with Crippen LogP contribution in [0.3, 0.4) is 0 Å². The number of anilines is 2. The molecule has 1 aromatic heterocycles. The molecule has 2 rings (SSSR count). The van der Waals surface area contributed by atoms with Gasteiger partial charge in [0, 0.05) is 23.1 Å². The molecule has 0 aliphatic rings. The summed E-state index contributed by atoms with van der Waals surface area (Å²) in [6.07, 6.45) is 3.12. The molecular weight excluding hydrogens is 245 g/mol. The summed E-state index contributed by atoms with van der Waals surface area (Å²) in [4.78, 5) is 8.03. The fourth-order valence-corrected chi connectivity index (χ4v) is 1.59. The smallest absolute Gasteiger partial charge is 0.171 e. The van der Waals surface area contributed by atoms with E-state index in [-0.39, 0.29) is 0 Å². The molecule has 2 aromatic rings. The first-order chi connectivity index (χ1) is 7.66. The summed E-state index contributed by atoms with van der Waals surface area (Å²) in [7, 11) is 0. The van der Waals surface area contributed by atoms with Crippen LogP contribution >= 0.6 is 23.2 Å². The van der Waals surface area contributed by atoms with E-state index in [1.807, 2.05) is 25.1 Å². The summed E-state index contributed by atoms with van der Waals surface area (Å²) in [5, 5.41) is 4.09. The largest absolute Gasteiger partial charge is 0.337 e. The fourth-order valence-electron chi connectivity index (χ4n) is 1.26. The molecule has 0 bridgehead atoms. The highest BCUT2D eigenvalue weighted by Crippen LogP contribution is 2.25. The number of aromatic nitrogens is 2. The van der Waals surface area contributed by atoms with Crippen molar-refractivity contribution in [1.29, 1.82) is 0 Å². The Hall–Kier alpha value is -1.32. The molecule has 3 nitrogen and oxygen atoms in total. The van der Waals surface area contributed by atoms with E-state index in [1.165, 1.54) is 0 Å². The molecule has 0 saturated carbocycles. The number of nitrogens with zero attached hydrogens (tertiary/aromatic N) is 2. The number of aryl methyl sites for hydroxylation is 1. The first-order valence-corrected chi connectivity index (χ1v) is 5.42. The molecule has 5 heteroatoms. The van der Waals surface area contributed by atoms with Crippen LogP contribution in [0.5, 0.6) is 0 Å². The third kappa shape index (κ3) is 2.43. The standard InChI is InChI=1S/C11H9Cl2N3/c1-7-2-3-8(12)6-9(7)16-11-10(13)14-4-5-15-11/h2-6H,1H3,(H,15,16). The van der Waals surface area contributed by atoms with Gasteiger partial charge in [-0.05, 0) is 24.6 Å². The van der Waals surface area contributed by atoms with E-state index < -0.39 is 0 Å². The molecule has 0 amide bonds. The summed E-state index contributed by atoms with van der Waals surface area (Å²) in [5.41, 5.74) is 1.93. The number of hydrogen-bond acceptors (Lipinski definition) is 3. The number of halogens is 2. The maximum atomic E-state index is 5.91. The zero-order chi connectivity index (χ0) is 11.5. The van der Waals surface area contributed by atoms with E-state index in [1.54, 1.807) is 12.4 Å². The van der Waals surface area contributed by atoms with Gasteiger partial charge in [0.15, 0.2) is 11.0 Å². The lowest BCUT2D eigenvalue weighted by Gasteiger charge is -2.09. The highest BCUT2D eigenvalue weighted by Gasteiger charge is 2.04. The van der Waals surface area contributed by atoms with Crippen LogP contribution in [-0.4, -0.2) is 9.97 Å². The number of rotatable bonds is 2. The van der Waals surface area contributed by atoms with Gasteiger partial charge in [0.05, 0.1) is 0 Å². The van der Waals surface area contributed by atoms with Crippen molar-refractivity contribution in [2.75, 3.05) is 5.32 Å². The second-order valence-corrected chi connectivity index (χ2v) is 4.07. The van der Waals surface area contributed by atoms with E-state index in [0.29, 0.717) is 16.0 Å². The van der Waals surface area contributed by atoms with Crippen molar-refractivity contribution in [3.63, 3.8) is 0 Å². The zero-order valence-electron chi connectivity index (χ0n) is 8.54. The molecule has 0 aliphatic carbocycles. The molecule has 0 fully saturated rings. The van der Waals surface area contributed by atoms with Gasteiger partial charge in [-0.2, -0.15) is 0 Å². The van der Waals surface area contributed by atoms with E-state index in [0.717, 1.165) is 11.3 Å². The Morgan fingerprint density at radius 3 is 2.62 bits per heavy atom. The number of benzene rings is 1. The summed E-state index contributed by atoms with van der Waals surface area (Å²) < 4.78 is 0. The summed E-state index contributed by atoms with van der Waals surface area (Å²) in [6, 6.07) is 5.58. The molecule has 0 atom stereocenters. The van der Waals surface area contributed by atoms with Crippen LogP contribution in [0.4, 0.5) is 11.5 Å². The molecule has 0 aliphatic heterocycles. The van der Waals surface area contributed by atoms with Crippen molar-refractivity contribution in [1.82, 2.24) is 9.97 Å². The molecule has 1 heterocycles. The molecule has 0 unspecified atom stereocenters. The van der Waals surface area contributed by atoms with Crippen LogP contribution in [-0.2, 0) is 0 Å². The van der Waals surface area contributed by atoms with E-state index in [4.69, 9.17) is 23.2 Å². The van der Waals surface area contributed by atoms with Gasteiger partial charge in [0.25, 0.3) is 0 Å². The summed E-state index contributed by atoms with van der Waals surface area (Å²) in [5.74, 6) is 0.523. The molecule has 1 N–H and O–H groups in total. The number of hydrogen-bond donors (Lipinski definition) is 1. The van der Waals surface area contributed by atoms with Crippen molar-refractivity contribution in [3.8, 4) is 0 Å². The fraction of sp³-hybridized carbons (Fsp3) is 0.0909. The first kappa shape index (κ1) is 11.2. The molecule has 0 radical (unpaired) electrons. The van der Waals surface area contributed by atoms with E-state index in [2.05, 4.69) is 15.3 Å². The van der Waals surface area contributed by atoms with Crippen LogP contribution < -0.4 is 5.32 Å². The van der Waals surface area contributed by atoms with Gasteiger partial charge in [-0.15, -0.1) is 0 Å². The van der Waals surface area contributed by atoms with Crippen molar-refractivity contribution in [3.05, 3.63) is 46.3 Å². The normalized spacial score (nSPS) is 10.2. The second-order valence-electron chi connectivity index (χ2n) is 3.28. The predicted molar refractivity (Wildman–Crippen MR) is 66.5 cm³/mol. The molecule has 0 saturated heterocycles. The van der Waals surface area contributed by atoms with Crippen LogP contribution in [0.1, 0.15) is 5.56 Å². The Labute approximate surface area is 103 Å². The lowest BCUT2D eigenvalue weighted by atomic mass is 10.2. The lowest BCUT2D eigenvalue weighted by Crippen LogP contribution is -1.97. The molecule has 16 heavy (non-hydrogen) atoms. The SMILES string of the molecule is Cc1ccc(Cl)cc1Nc1nccnc1Cl. The molecule has 0 spiro atoms. The van der Waals surface area contributed by atoms with E-state index >= 15 is 0 Å². The highest BCUT2D eigenvalue weighted by molar-refractivity contribution is 6.32. The average Bonchev–Trinajstić information content (AvgIpc) is 2.27. The predicted octanol–water partition coefficient (Wildman–Crippen LogP) is 3.84. The summed E-state index contributed by atoms with van der Waals surface area (Å²) >= 11 is 11.8. The molecule has 1 aromatic carbocycles. The summed E-state index contributed by atoms with van der Waals surface area (Å²) in [6.45, 7) is 1.98. The van der Waals surface area contributed by atoms with Crippen LogP contribution in [0.2, 0.25) is 10.2 Å². The first-order valence-electron chi connectivity index (χ1n) is 4.66. The van der Waals surface area contributed by atoms with Crippen molar-refractivity contribution in [2.45, 2.75) is 6.92 Å². The topological polar surface area (TPSA) is 37.8 Å². The van der Waals surface area contributed by atoms with Crippen LogP contribution in [0.25, 0.3) is 0 Å².